The number of benzene rings is 4. The molecule has 0 unspecified atom stereocenters. The van der Waals surface area contributed by atoms with Gasteiger partial charge in [0.25, 0.3) is 0 Å². The van der Waals surface area contributed by atoms with Crippen molar-refractivity contribution in [3.63, 3.8) is 0 Å². The summed E-state index contributed by atoms with van der Waals surface area (Å²) in [5, 5.41) is 23.0. The Morgan fingerprint density at radius 3 is 2.29 bits per heavy atom. The van der Waals surface area contributed by atoms with Crippen molar-refractivity contribution in [2.45, 2.75) is 32.1 Å². The summed E-state index contributed by atoms with van der Waals surface area (Å²) in [7, 11) is 0. The highest BCUT2D eigenvalue weighted by Crippen LogP contribution is 2.48. The third kappa shape index (κ3) is 3.84. The zero-order valence-corrected chi connectivity index (χ0v) is 21.3. The fourth-order valence-electron chi connectivity index (χ4n) is 5.77. The Kier molecular flexibility index (Phi) is 5.57. The van der Waals surface area contributed by atoms with Gasteiger partial charge in [0.15, 0.2) is 5.82 Å². The first-order valence-corrected chi connectivity index (χ1v) is 12.7. The van der Waals surface area contributed by atoms with Crippen LogP contribution in [0.25, 0.3) is 22.2 Å². The van der Waals surface area contributed by atoms with E-state index in [1.54, 1.807) is 0 Å². The van der Waals surface area contributed by atoms with Crippen molar-refractivity contribution in [1.29, 1.82) is 5.26 Å². The molecule has 1 heterocycles. The number of rotatable bonds is 5. The Morgan fingerprint density at radius 2 is 1.58 bits per heavy atom. The lowest BCUT2D eigenvalue weighted by atomic mass is 9.61. The molecular formula is C32H27N5O. The molecule has 0 aliphatic heterocycles. The Balaban J connectivity index is 1.31. The molecule has 4 aromatic carbocycles. The smallest absolute Gasteiger partial charge is 0.249 e. The number of nitrogens with zero attached hydrogens (tertiary/aromatic N) is 3. The summed E-state index contributed by atoms with van der Waals surface area (Å²) in [5.74, 6) is 0.552. The molecule has 0 saturated carbocycles. The number of anilines is 1. The predicted octanol–water partition coefficient (Wildman–Crippen LogP) is 6.39. The number of H-pyrrole nitrogens is 1. The number of hydrogen-bond acceptors (Lipinski definition) is 4. The third-order valence-corrected chi connectivity index (χ3v) is 7.60. The topological polar surface area (TPSA) is 94.5 Å². The molecule has 38 heavy (non-hydrogen) atoms. The maximum Gasteiger partial charge on any atom is 0.249 e. The summed E-state index contributed by atoms with van der Waals surface area (Å²) in [4.78, 5) is 18.2. The molecule has 0 fully saturated rings. The standard InChI is InChI=1S/C32H27N5O/c1-31(2,19-32(20-33)26-16-7-4-11-22(26)18-23-12-5-8-17-27(23)32)29(38)35-30-34-28(36-37-30)25-15-9-13-21-10-3-6-14-24(21)25/h3-17H,18-19H2,1-2H3,(H2,34,35,36,37,38). The van der Waals surface area contributed by atoms with Gasteiger partial charge in [-0.3, -0.25) is 15.2 Å². The average Bonchev–Trinajstić information content (AvgIpc) is 3.40. The molecule has 0 atom stereocenters. The number of nitrogens with one attached hydrogen (secondary N) is 2. The van der Waals surface area contributed by atoms with Gasteiger partial charge < -0.3 is 0 Å². The van der Waals surface area contributed by atoms with E-state index in [0.717, 1.165) is 45.0 Å². The van der Waals surface area contributed by atoms with Crippen LogP contribution < -0.4 is 5.32 Å². The van der Waals surface area contributed by atoms with Crippen LogP contribution in [0.1, 0.15) is 42.5 Å². The molecule has 186 valence electrons. The molecule has 0 saturated heterocycles. The zero-order chi connectivity index (χ0) is 26.3. The maximum atomic E-state index is 13.6. The van der Waals surface area contributed by atoms with E-state index >= 15 is 0 Å². The second-order valence-corrected chi connectivity index (χ2v) is 10.6. The number of carbonyl (C=O) groups excluding carboxylic acids is 1. The molecule has 0 radical (unpaired) electrons. The lowest BCUT2D eigenvalue weighted by molar-refractivity contribution is -0.124. The van der Waals surface area contributed by atoms with Crippen LogP contribution in [-0.4, -0.2) is 21.1 Å². The number of fused-ring (bicyclic) bond motifs is 3. The molecule has 1 aliphatic rings. The first-order valence-electron chi connectivity index (χ1n) is 12.7. The predicted molar refractivity (Wildman–Crippen MR) is 148 cm³/mol. The molecular weight excluding hydrogens is 470 g/mol. The van der Waals surface area contributed by atoms with E-state index in [0.29, 0.717) is 12.2 Å². The van der Waals surface area contributed by atoms with Gasteiger partial charge in [0.05, 0.1) is 6.07 Å². The van der Waals surface area contributed by atoms with Crippen LogP contribution in [0, 0.1) is 16.7 Å². The molecule has 5 aromatic rings. The van der Waals surface area contributed by atoms with Gasteiger partial charge >= 0.3 is 0 Å². The van der Waals surface area contributed by atoms with Crippen molar-refractivity contribution in [2.24, 2.45) is 5.41 Å². The van der Waals surface area contributed by atoms with Crippen LogP contribution in [0.15, 0.2) is 91.0 Å². The van der Waals surface area contributed by atoms with Crippen molar-refractivity contribution >= 4 is 22.6 Å². The largest absolute Gasteiger partial charge is 0.293 e. The molecule has 6 heteroatoms. The molecule has 1 aromatic heterocycles. The van der Waals surface area contributed by atoms with E-state index in [1.807, 2.05) is 92.7 Å². The quantitative estimate of drug-likeness (QED) is 0.294. The van der Waals surface area contributed by atoms with Crippen LogP contribution >= 0.6 is 0 Å². The summed E-state index contributed by atoms with van der Waals surface area (Å²) in [6, 6.07) is 32.8. The zero-order valence-electron chi connectivity index (χ0n) is 21.3. The van der Waals surface area contributed by atoms with Crippen LogP contribution in [0.4, 0.5) is 5.95 Å². The summed E-state index contributed by atoms with van der Waals surface area (Å²) in [6.07, 6.45) is 1.09. The van der Waals surface area contributed by atoms with E-state index in [4.69, 9.17) is 0 Å². The van der Waals surface area contributed by atoms with Crippen LogP contribution in [-0.2, 0) is 16.6 Å². The van der Waals surface area contributed by atoms with Gasteiger partial charge in [-0.25, -0.2) is 0 Å². The lowest BCUT2D eigenvalue weighted by Crippen LogP contribution is -2.41. The first kappa shape index (κ1) is 23.6. The second kappa shape index (κ2) is 8.97. The molecule has 1 aliphatic carbocycles. The monoisotopic (exact) mass is 497 g/mol. The van der Waals surface area contributed by atoms with Gasteiger partial charge in [0.2, 0.25) is 11.9 Å². The van der Waals surface area contributed by atoms with Crippen molar-refractivity contribution in [1.82, 2.24) is 15.2 Å². The minimum Gasteiger partial charge on any atom is -0.293 e. The van der Waals surface area contributed by atoms with Crippen LogP contribution in [0.3, 0.4) is 0 Å². The van der Waals surface area contributed by atoms with Gasteiger partial charge in [-0.1, -0.05) is 105 Å². The number of carbonyl (C=O) groups is 1. The van der Waals surface area contributed by atoms with Crippen molar-refractivity contribution in [3.05, 3.63) is 113 Å². The van der Waals surface area contributed by atoms with Crippen LogP contribution in [0.5, 0.6) is 0 Å². The van der Waals surface area contributed by atoms with E-state index in [-0.39, 0.29) is 11.9 Å². The van der Waals surface area contributed by atoms with Gasteiger partial charge in [-0.15, -0.1) is 5.10 Å². The minimum absolute atomic E-state index is 0.210. The van der Waals surface area contributed by atoms with Gasteiger partial charge in [-0.05, 0) is 45.9 Å². The molecule has 6 rings (SSSR count). The summed E-state index contributed by atoms with van der Waals surface area (Å²) < 4.78 is 0. The normalized spacial score (nSPS) is 13.8. The van der Waals surface area contributed by atoms with Crippen molar-refractivity contribution in [3.8, 4) is 17.5 Å². The molecule has 0 spiro atoms. The number of nitriles is 1. The van der Waals surface area contributed by atoms with E-state index < -0.39 is 10.8 Å². The van der Waals surface area contributed by atoms with Crippen molar-refractivity contribution in [2.75, 3.05) is 5.32 Å². The third-order valence-electron chi connectivity index (χ3n) is 7.60. The number of aromatic nitrogens is 3. The lowest BCUT2D eigenvalue weighted by Gasteiger charge is -2.40. The summed E-state index contributed by atoms with van der Waals surface area (Å²) >= 11 is 0. The number of aromatic amines is 1. The van der Waals surface area contributed by atoms with Gasteiger partial charge in [0.1, 0.15) is 5.41 Å². The minimum atomic E-state index is -0.945. The Bertz CT molecular complexity index is 1670. The first-order chi connectivity index (χ1) is 18.4. The average molecular weight is 498 g/mol. The molecule has 2 N–H and O–H groups in total. The molecule has 1 amide bonds. The highest BCUT2D eigenvalue weighted by atomic mass is 16.2. The Hall–Kier alpha value is -4.76. The van der Waals surface area contributed by atoms with E-state index in [2.05, 4.69) is 38.7 Å². The number of amides is 1. The highest BCUT2D eigenvalue weighted by Gasteiger charge is 2.47. The second-order valence-electron chi connectivity index (χ2n) is 10.6. The molecule has 0 bridgehead atoms. The van der Waals surface area contributed by atoms with E-state index in [9.17, 15) is 10.1 Å². The SMILES string of the molecule is CC(C)(CC1(C#N)c2ccccc2Cc2ccccc21)C(=O)Nc1n[nH]c(-c2cccc3ccccc23)n1. The van der Waals surface area contributed by atoms with Crippen molar-refractivity contribution < 1.29 is 4.79 Å². The van der Waals surface area contributed by atoms with Gasteiger partial charge in [-0.2, -0.15) is 10.2 Å². The summed E-state index contributed by atoms with van der Waals surface area (Å²) in [6.45, 7) is 3.75. The fourth-order valence-corrected chi connectivity index (χ4v) is 5.77. The Labute approximate surface area is 221 Å². The number of hydrogen-bond donors (Lipinski definition) is 2. The summed E-state index contributed by atoms with van der Waals surface area (Å²) in [5.41, 5.74) is 3.26. The fraction of sp³-hybridized carbons (Fsp3) is 0.188. The van der Waals surface area contributed by atoms with E-state index in [1.165, 1.54) is 0 Å². The van der Waals surface area contributed by atoms with Gasteiger partial charge in [0, 0.05) is 11.0 Å². The maximum absolute atomic E-state index is 13.6. The highest BCUT2D eigenvalue weighted by molar-refractivity contribution is 5.96. The Morgan fingerprint density at radius 1 is 0.947 bits per heavy atom. The van der Waals surface area contributed by atoms with Crippen LogP contribution in [0.2, 0.25) is 0 Å². The molecule has 6 nitrogen and oxygen atoms in total.